The molecule has 1 amide bonds. The number of hydrazine groups is 1. The molecule has 2 fully saturated rings. The topological polar surface area (TPSA) is 53.1 Å². The minimum Gasteiger partial charge on any atom is -0.453 e. The van der Waals surface area contributed by atoms with Crippen LogP contribution in [0.1, 0.15) is 23.2 Å². The monoisotopic (exact) mass is 365 g/mol. The third-order valence-corrected chi connectivity index (χ3v) is 5.31. The number of carbonyl (C=O) groups excluding carboxylic acids is 2. The number of rotatable bonds is 3. The molecule has 6 nitrogen and oxygen atoms in total. The summed E-state index contributed by atoms with van der Waals surface area (Å²) >= 11 is 5.89. The molecule has 0 N–H and O–H groups in total. The second-order valence-corrected chi connectivity index (χ2v) is 6.95. The van der Waals surface area contributed by atoms with E-state index < -0.39 is 0 Å². The quantitative estimate of drug-likeness (QED) is 0.770. The van der Waals surface area contributed by atoms with E-state index in [9.17, 15) is 9.59 Å². The van der Waals surface area contributed by atoms with E-state index >= 15 is 0 Å². The van der Waals surface area contributed by atoms with Crippen molar-refractivity contribution in [3.8, 4) is 0 Å². The summed E-state index contributed by atoms with van der Waals surface area (Å²) in [5, 5.41) is 5.26. The van der Waals surface area contributed by atoms with Gasteiger partial charge in [0.2, 0.25) is 0 Å². The number of halogens is 1. The second-order valence-electron chi connectivity index (χ2n) is 6.51. The number of methoxy groups -OCH3 is 1. The summed E-state index contributed by atoms with van der Waals surface area (Å²) < 4.78 is 4.77. The van der Waals surface area contributed by atoms with Crippen molar-refractivity contribution in [1.29, 1.82) is 0 Å². The van der Waals surface area contributed by atoms with Crippen LogP contribution in [0.3, 0.4) is 0 Å². The highest BCUT2D eigenvalue weighted by atomic mass is 35.5. The summed E-state index contributed by atoms with van der Waals surface area (Å²) in [6.45, 7) is 4.73. The number of piperazine rings is 1. The molecule has 0 bridgehead atoms. The molecule has 0 aliphatic carbocycles. The van der Waals surface area contributed by atoms with E-state index in [-0.39, 0.29) is 17.8 Å². The first-order chi connectivity index (χ1) is 12.1. The van der Waals surface area contributed by atoms with Crippen molar-refractivity contribution in [3.63, 3.8) is 0 Å². The van der Waals surface area contributed by atoms with Crippen molar-refractivity contribution in [3.05, 3.63) is 34.9 Å². The van der Waals surface area contributed by atoms with Gasteiger partial charge in [0.25, 0.3) is 0 Å². The Hall–Kier alpha value is -1.63. The lowest BCUT2D eigenvalue weighted by molar-refractivity contribution is -0.0705. The number of hydrogen-bond acceptors (Lipinski definition) is 5. The first kappa shape index (κ1) is 18.2. The van der Waals surface area contributed by atoms with Gasteiger partial charge in [-0.1, -0.05) is 11.6 Å². The van der Waals surface area contributed by atoms with E-state index in [4.69, 9.17) is 16.3 Å². The molecule has 2 aliphatic rings. The summed E-state index contributed by atoms with van der Waals surface area (Å²) in [4.78, 5) is 25.9. The Kier molecular flexibility index (Phi) is 5.93. The molecule has 0 atom stereocenters. The maximum Gasteiger partial charge on any atom is 0.409 e. The van der Waals surface area contributed by atoms with Crippen molar-refractivity contribution < 1.29 is 14.3 Å². The molecular formula is C18H24ClN3O3. The van der Waals surface area contributed by atoms with Crippen LogP contribution in [0.25, 0.3) is 0 Å². The summed E-state index contributed by atoms with van der Waals surface area (Å²) in [5.41, 5.74) is 0.745. The molecule has 136 valence electrons. The predicted molar refractivity (Wildman–Crippen MR) is 95.6 cm³/mol. The Labute approximate surface area is 153 Å². The molecule has 0 unspecified atom stereocenters. The second kappa shape index (κ2) is 8.17. The van der Waals surface area contributed by atoms with E-state index in [0.717, 1.165) is 44.6 Å². The molecule has 2 saturated heterocycles. The molecule has 0 spiro atoms. The first-order valence-corrected chi connectivity index (χ1v) is 9.09. The van der Waals surface area contributed by atoms with Crippen LogP contribution < -0.4 is 0 Å². The fraction of sp³-hybridized carbons (Fsp3) is 0.556. The smallest absolute Gasteiger partial charge is 0.409 e. The minimum atomic E-state index is -0.257. The van der Waals surface area contributed by atoms with Crippen LogP contribution in [-0.4, -0.2) is 73.2 Å². The number of hydrogen-bond donors (Lipinski definition) is 0. The van der Waals surface area contributed by atoms with Crippen molar-refractivity contribution in [2.24, 2.45) is 5.92 Å². The van der Waals surface area contributed by atoms with Gasteiger partial charge in [0.1, 0.15) is 0 Å². The number of Topliss-reactive ketones (excluding diaryl/α,β-unsaturated/α-hetero) is 1. The molecule has 1 aromatic carbocycles. The van der Waals surface area contributed by atoms with Crippen molar-refractivity contribution >= 4 is 23.5 Å². The van der Waals surface area contributed by atoms with E-state index in [2.05, 4.69) is 10.0 Å². The van der Waals surface area contributed by atoms with Crippen LogP contribution in [0.4, 0.5) is 4.79 Å². The molecule has 2 heterocycles. The van der Waals surface area contributed by atoms with Gasteiger partial charge in [-0.3, -0.25) is 4.79 Å². The SMILES string of the molecule is COC(=O)N1CCN(N2CCC(C(=O)c3ccc(Cl)cc3)CC2)CC1. The number of benzene rings is 1. The molecule has 25 heavy (non-hydrogen) atoms. The maximum absolute atomic E-state index is 12.6. The number of ether oxygens (including phenoxy) is 1. The van der Waals surface area contributed by atoms with E-state index in [1.165, 1.54) is 7.11 Å². The lowest BCUT2D eigenvalue weighted by Crippen LogP contribution is -2.56. The molecule has 3 rings (SSSR count). The molecule has 0 radical (unpaired) electrons. The summed E-state index contributed by atoms with van der Waals surface area (Å²) in [6.07, 6.45) is 1.46. The van der Waals surface area contributed by atoms with E-state index in [0.29, 0.717) is 18.1 Å². The molecule has 0 saturated carbocycles. The van der Waals surface area contributed by atoms with E-state index in [1.54, 1.807) is 17.0 Å². The minimum absolute atomic E-state index is 0.0776. The zero-order chi connectivity index (χ0) is 17.8. The molecular weight excluding hydrogens is 342 g/mol. The van der Waals surface area contributed by atoms with Gasteiger partial charge in [0.05, 0.1) is 7.11 Å². The van der Waals surface area contributed by atoms with Gasteiger partial charge in [-0.2, -0.15) is 0 Å². The third kappa shape index (κ3) is 4.32. The summed E-state index contributed by atoms with van der Waals surface area (Å²) in [6, 6.07) is 7.15. The highest BCUT2D eigenvalue weighted by Crippen LogP contribution is 2.24. The number of nitrogens with zero attached hydrogens (tertiary/aromatic N) is 3. The fourth-order valence-corrected chi connectivity index (χ4v) is 3.68. The number of piperidine rings is 1. The number of carbonyl (C=O) groups is 2. The van der Waals surface area contributed by atoms with E-state index in [1.807, 2.05) is 12.1 Å². The molecule has 2 aliphatic heterocycles. The molecule has 0 aromatic heterocycles. The Morgan fingerprint density at radius 3 is 2.08 bits per heavy atom. The van der Waals surface area contributed by atoms with Crippen molar-refractivity contribution in [2.45, 2.75) is 12.8 Å². The van der Waals surface area contributed by atoms with Gasteiger partial charge in [-0.15, -0.1) is 0 Å². The van der Waals surface area contributed by atoms with Crippen LogP contribution in [0.5, 0.6) is 0 Å². The first-order valence-electron chi connectivity index (χ1n) is 8.71. The van der Waals surface area contributed by atoms with Gasteiger partial charge in [-0.05, 0) is 37.1 Å². The van der Waals surface area contributed by atoms with Crippen molar-refractivity contribution in [1.82, 2.24) is 14.9 Å². The van der Waals surface area contributed by atoms with Crippen LogP contribution >= 0.6 is 11.6 Å². The lowest BCUT2D eigenvalue weighted by atomic mass is 9.89. The fourth-order valence-electron chi connectivity index (χ4n) is 3.55. The van der Waals surface area contributed by atoms with Gasteiger partial charge in [-0.25, -0.2) is 14.8 Å². The molecule has 7 heteroatoms. The number of amides is 1. The van der Waals surface area contributed by atoms with Crippen LogP contribution in [0, 0.1) is 5.92 Å². The van der Waals surface area contributed by atoms with Crippen LogP contribution in [0.15, 0.2) is 24.3 Å². The van der Waals surface area contributed by atoms with Crippen LogP contribution in [-0.2, 0) is 4.74 Å². The zero-order valence-corrected chi connectivity index (χ0v) is 15.2. The third-order valence-electron chi connectivity index (χ3n) is 5.06. The average molecular weight is 366 g/mol. The summed E-state index contributed by atoms with van der Waals surface area (Å²) in [7, 11) is 1.41. The normalized spacial score (nSPS) is 20.5. The Morgan fingerprint density at radius 2 is 1.52 bits per heavy atom. The zero-order valence-electron chi connectivity index (χ0n) is 14.5. The molecule has 1 aromatic rings. The standard InChI is InChI=1S/C18H24ClN3O3/c1-25-18(24)20-10-12-22(13-11-20)21-8-6-15(7-9-21)17(23)14-2-4-16(19)5-3-14/h2-5,15H,6-13H2,1H3. The highest BCUT2D eigenvalue weighted by Gasteiger charge is 2.30. The van der Waals surface area contributed by atoms with Gasteiger partial charge < -0.3 is 9.64 Å². The lowest BCUT2D eigenvalue weighted by Gasteiger charge is -2.43. The summed E-state index contributed by atoms with van der Waals surface area (Å²) in [5.74, 6) is 0.292. The number of ketones is 1. The Bertz CT molecular complexity index is 606. The van der Waals surface area contributed by atoms with Gasteiger partial charge in [0, 0.05) is 55.8 Å². The average Bonchev–Trinajstić information content (AvgIpc) is 2.67. The van der Waals surface area contributed by atoms with Crippen LogP contribution in [0.2, 0.25) is 5.02 Å². The Morgan fingerprint density at radius 1 is 0.960 bits per heavy atom. The largest absolute Gasteiger partial charge is 0.453 e. The van der Waals surface area contributed by atoms with Crippen molar-refractivity contribution in [2.75, 3.05) is 46.4 Å². The predicted octanol–water partition coefficient (Wildman–Crippen LogP) is 2.53. The van der Waals surface area contributed by atoms with Gasteiger partial charge >= 0.3 is 6.09 Å². The highest BCUT2D eigenvalue weighted by molar-refractivity contribution is 6.30. The maximum atomic E-state index is 12.6. The van der Waals surface area contributed by atoms with Gasteiger partial charge in [0.15, 0.2) is 5.78 Å². The Balaban J connectivity index is 1.48.